The number of pyridine rings is 1. The van der Waals surface area contributed by atoms with Gasteiger partial charge in [0.1, 0.15) is 17.0 Å². The lowest BCUT2D eigenvalue weighted by Crippen LogP contribution is -2.24. The molecule has 12 heteroatoms. The van der Waals surface area contributed by atoms with E-state index in [1.165, 1.54) is 24.3 Å². The summed E-state index contributed by atoms with van der Waals surface area (Å²) in [6, 6.07) is 8.22. The fourth-order valence-corrected chi connectivity index (χ4v) is 3.58. The Morgan fingerprint density at radius 1 is 1.08 bits per heavy atom. The maximum Gasteiger partial charge on any atom is 0.433 e. The summed E-state index contributed by atoms with van der Waals surface area (Å²) >= 11 is 0. The highest BCUT2D eigenvalue weighted by molar-refractivity contribution is 5.98. The van der Waals surface area contributed by atoms with Gasteiger partial charge in [0, 0.05) is 17.5 Å². The van der Waals surface area contributed by atoms with Crippen molar-refractivity contribution in [2.45, 2.75) is 39.2 Å². The van der Waals surface area contributed by atoms with Crippen LogP contribution < -0.4 is 15.8 Å². The Morgan fingerprint density at radius 3 is 2.49 bits per heavy atom. The van der Waals surface area contributed by atoms with Crippen LogP contribution in [0.5, 0.6) is 5.75 Å². The molecule has 0 saturated carbocycles. The molecule has 0 atom stereocenters. The largest absolute Gasteiger partial charge is 0.489 e. The molecule has 0 spiro atoms. The van der Waals surface area contributed by atoms with Crippen LogP contribution in [0.3, 0.4) is 0 Å². The number of aromatic nitrogens is 2. The standard InChI is InChI=1S/C25H21F5N4O3/c1-12(2)36-18-7-4-15(14-5-8-20(25(28,29)30)33-21(14)18)24-34-22(19(10-31)37-24)23(35)32-11-13-3-6-16(26)17(27)9-13/h3-9,12H,10-11,31H2,1-2H3,(H,32,35). The number of rotatable bonds is 7. The van der Waals surface area contributed by atoms with E-state index < -0.39 is 29.4 Å². The summed E-state index contributed by atoms with van der Waals surface area (Å²) in [7, 11) is 0. The van der Waals surface area contributed by atoms with Crippen LogP contribution in [0.1, 0.15) is 41.4 Å². The molecule has 0 aliphatic carbocycles. The van der Waals surface area contributed by atoms with Crippen LogP contribution in [-0.2, 0) is 19.3 Å². The normalized spacial score (nSPS) is 11.8. The predicted octanol–water partition coefficient (Wildman–Crippen LogP) is 5.36. The molecule has 1 amide bonds. The number of carbonyl (C=O) groups excluding carboxylic acids is 1. The first kappa shape index (κ1) is 26.0. The molecule has 0 aliphatic rings. The molecule has 7 nitrogen and oxygen atoms in total. The zero-order valence-corrected chi connectivity index (χ0v) is 19.6. The van der Waals surface area contributed by atoms with E-state index in [0.717, 1.165) is 18.2 Å². The lowest BCUT2D eigenvalue weighted by atomic mass is 10.1. The van der Waals surface area contributed by atoms with Crippen molar-refractivity contribution in [1.29, 1.82) is 0 Å². The van der Waals surface area contributed by atoms with Crippen LogP contribution >= 0.6 is 0 Å². The second kappa shape index (κ2) is 10.1. The molecule has 0 aliphatic heterocycles. The quantitative estimate of drug-likeness (QED) is 0.318. The minimum atomic E-state index is -4.67. The van der Waals surface area contributed by atoms with E-state index in [1.54, 1.807) is 13.8 Å². The molecular weight excluding hydrogens is 499 g/mol. The summed E-state index contributed by atoms with van der Waals surface area (Å²) in [5, 5.41) is 2.78. The number of nitrogens with one attached hydrogen (secondary N) is 1. The van der Waals surface area contributed by atoms with E-state index >= 15 is 0 Å². The first-order valence-electron chi connectivity index (χ1n) is 11.1. The fourth-order valence-electron chi connectivity index (χ4n) is 3.58. The van der Waals surface area contributed by atoms with E-state index in [4.69, 9.17) is 14.9 Å². The Balaban J connectivity index is 1.71. The number of nitrogens with zero attached hydrogens (tertiary/aromatic N) is 2. The van der Waals surface area contributed by atoms with Crippen molar-refractivity contribution in [3.63, 3.8) is 0 Å². The molecule has 0 saturated heterocycles. The SMILES string of the molecule is CC(C)Oc1ccc(-c2nc(C(=O)NCc3ccc(F)c(F)c3)c(CN)o2)c2ccc(C(F)(F)F)nc12. The third-order valence-corrected chi connectivity index (χ3v) is 5.24. The molecule has 0 unspecified atom stereocenters. The molecular formula is C25H21F5N4O3. The Kier molecular flexibility index (Phi) is 7.12. The number of halogens is 5. The number of ether oxygens (including phenoxy) is 1. The lowest BCUT2D eigenvalue weighted by molar-refractivity contribution is -0.140. The number of carbonyl (C=O) groups is 1. The van der Waals surface area contributed by atoms with Crippen LogP contribution in [0.15, 0.2) is 46.9 Å². The molecule has 0 fully saturated rings. The molecule has 3 N–H and O–H groups in total. The van der Waals surface area contributed by atoms with E-state index in [9.17, 15) is 26.7 Å². The maximum absolute atomic E-state index is 13.4. The van der Waals surface area contributed by atoms with Crippen LogP contribution in [0.4, 0.5) is 22.0 Å². The van der Waals surface area contributed by atoms with Crippen LogP contribution in [0.25, 0.3) is 22.4 Å². The van der Waals surface area contributed by atoms with Gasteiger partial charge in [-0.3, -0.25) is 4.79 Å². The highest BCUT2D eigenvalue weighted by atomic mass is 19.4. The summed E-state index contributed by atoms with van der Waals surface area (Å²) in [4.78, 5) is 20.8. The fraction of sp³-hybridized carbons (Fsp3) is 0.240. The molecule has 2 heterocycles. The second-order valence-corrected chi connectivity index (χ2v) is 8.29. The highest BCUT2D eigenvalue weighted by Crippen LogP contribution is 2.37. The van der Waals surface area contributed by atoms with Crippen molar-refractivity contribution < 1.29 is 35.9 Å². The van der Waals surface area contributed by atoms with Crippen molar-refractivity contribution >= 4 is 16.8 Å². The molecule has 37 heavy (non-hydrogen) atoms. The number of nitrogens with two attached hydrogens (primary N) is 1. The molecule has 194 valence electrons. The number of amides is 1. The third-order valence-electron chi connectivity index (χ3n) is 5.24. The Labute approximate surface area is 207 Å². The number of hydrogen-bond acceptors (Lipinski definition) is 6. The van der Waals surface area contributed by atoms with Gasteiger partial charge in [0.15, 0.2) is 23.1 Å². The molecule has 4 aromatic rings. The maximum atomic E-state index is 13.4. The second-order valence-electron chi connectivity index (χ2n) is 8.29. The van der Waals surface area contributed by atoms with Crippen molar-refractivity contribution in [3.05, 3.63) is 76.8 Å². The van der Waals surface area contributed by atoms with Gasteiger partial charge in [0.05, 0.1) is 12.6 Å². The number of hydrogen-bond donors (Lipinski definition) is 2. The topological polar surface area (TPSA) is 103 Å². The van der Waals surface area contributed by atoms with Gasteiger partial charge in [-0.15, -0.1) is 0 Å². The summed E-state index contributed by atoms with van der Waals surface area (Å²) in [5.41, 5.74) is 4.98. The molecule has 0 bridgehead atoms. The Morgan fingerprint density at radius 2 is 1.84 bits per heavy atom. The van der Waals surface area contributed by atoms with Crippen molar-refractivity contribution in [2.24, 2.45) is 5.73 Å². The average Bonchev–Trinajstić information content (AvgIpc) is 3.28. The van der Waals surface area contributed by atoms with Crippen molar-refractivity contribution in [2.75, 3.05) is 0 Å². The van der Waals surface area contributed by atoms with Gasteiger partial charge < -0.3 is 20.2 Å². The van der Waals surface area contributed by atoms with Gasteiger partial charge in [-0.1, -0.05) is 6.07 Å². The van der Waals surface area contributed by atoms with Gasteiger partial charge in [0.2, 0.25) is 5.89 Å². The number of oxazole rings is 1. The first-order valence-corrected chi connectivity index (χ1v) is 11.1. The molecule has 2 aromatic heterocycles. The lowest BCUT2D eigenvalue weighted by Gasteiger charge is -2.14. The van der Waals surface area contributed by atoms with Crippen molar-refractivity contribution in [1.82, 2.24) is 15.3 Å². The summed E-state index contributed by atoms with van der Waals surface area (Å²) in [5.74, 6) is -2.68. The highest BCUT2D eigenvalue weighted by Gasteiger charge is 2.33. The van der Waals surface area contributed by atoms with E-state index in [-0.39, 0.29) is 58.8 Å². The van der Waals surface area contributed by atoms with Gasteiger partial charge in [0.25, 0.3) is 5.91 Å². The predicted molar refractivity (Wildman–Crippen MR) is 123 cm³/mol. The van der Waals surface area contributed by atoms with Gasteiger partial charge in [-0.2, -0.15) is 13.2 Å². The third kappa shape index (κ3) is 5.53. The van der Waals surface area contributed by atoms with Gasteiger partial charge >= 0.3 is 6.18 Å². The zero-order valence-electron chi connectivity index (χ0n) is 19.6. The molecule has 2 aromatic carbocycles. The number of benzene rings is 2. The zero-order chi connectivity index (χ0) is 26.9. The van der Waals surface area contributed by atoms with Crippen LogP contribution in [0, 0.1) is 11.6 Å². The average molecular weight is 520 g/mol. The number of alkyl halides is 3. The Bertz CT molecular complexity index is 1470. The van der Waals surface area contributed by atoms with Gasteiger partial charge in [-0.05, 0) is 55.8 Å². The summed E-state index contributed by atoms with van der Waals surface area (Å²) in [6.45, 7) is 3.11. The Hall–Kier alpha value is -4.06. The van der Waals surface area contributed by atoms with Gasteiger partial charge in [-0.25, -0.2) is 18.7 Å². The van der Waals surface area contributed by atoms with Crippen LogP contribution in [-0.4, -0.2) is 22.0 Å². The van der Waals surface area contributed by atoms with E-state index in [2.05, 4.69) is 15.3 Å². The van der Waals surface area contributed by atoms with Crippen molar-refractivity contribution in [3.8, 4) is 17.2 Å². The molecule has 0 radical (unpaired) electrons. The smallest absolute Gasteiger partial charge is 0.433 e. The number of fused-ring (bicyclic) bond motifs is 1. The van der Waals surface area contributed by atoms with E-state index in [1.807, 2.05) is 0 Å². The monoisotopic (exact) mass is 520 g/mol. The first-order chi connectivity index (χ1) is 17.5. The van der Waals surface area contributed by atoms with E-state index in [0.29, 0.717) is 5.56 Å². The molecule has 4 rings (SSSR count). The summed E-state index contributed by atoms with van der Waals surface area (Å²) in [6.07, 6.45) is -5.01. The summed E-state index contributed by atoms with van der Waals surface area (Å²) < 4.78 is 77.9. The minimum Gasteiger partial charge on any atom is -0.489 e. The minimum absolute atomic E-state index is 0.0216. The van der Waals surface area contributed by atoms with Crippen LogP contribution in [0.2, 0.25) is 0 Å².